The number of hydrogen-bond donors (Lipinski definition) is 1. The average Bonchev–Trinajstić information content (AvgIpc) is 2.92. The molecule has 2 saturated carbocycles. The lowest BCUT2D eigenvalue weighted by atomic mass is 9.87. The number of rotatable bonds is 6. The van der Waals surface area contributed by atoms with E-state index in [1.807, 2.05) is 0 Å². The second-order valence-electron chi connectivity index (χ2n) is 5.91. The SMILES string of the molecule is CC1(C)CCCC1NCCSCC1CC1. The molecular formula is C13H25NS. The molecule has 0 aromatic heterocycles. The van der Waals surface area contributed by atoms with E-state index in [9.17, 15) is 0 Å². The zero-order valence-electron chi connectivity index (χ0n) is 10.2. The van der Waals surface area contributed by atoms with Crippen molar-refractivity contribution in [3.63, 3.8) is 0 Å². The third kappa shape index (κ3) is 3.67. The Morgan fingerprint density at radius 3 is 2.67 bits per heavy atom. The molecule has 0 aromatic rings. The maximum atomic E-state index is 3.75. The smallest absolute Gasteiger partial charge is 0.0119 e. The molecule has 1 nitrogen and oxygen atoms in total. The van der Waals surface area contributed by atoms with Gasteiger partial charge in [0.2, 0.25) is 0 Å². The molecule has 0 aliphatic heterocycles. The van der Waals surface area contributed by atoms with E-state index in [2.05, 4.69) is 30.9 Å². The van der Waals surface area contributed by atoms with Gasteiger partial charge in [-0.15, -0.1) is 0 Å². The maximum absolute atomic E-state index is 3.75. The molecule has 2 aliphatic rings. The Bertz CT molecular complexity index is 199. The molecule has 1 N–H and O–H groups in total. The molecule has 1 unspecified atom stereocenters. The highest BCUT2D eigenvalue weighted by molar-refractivity contribution is 7.99. The quantitative estimate of drug-likeness (QED) is 0.699. The van der Waals surface area contributed by atoms with E-state index >= 15 is 0 Å². The molecule has 0 radical (unpaired) electrons. The standard InChI is InChI=1S/C13H25NS/c1-13(2)7-3-4-12(13)14-8-9-15-10-11-5-6-11/h11-12,14H,3-10H2,1-2H3. The van der Waals surface area contributed by atoms with Gasteiger partial charge in [-0.2, -0.15) is 11.8 Å². The van der Waals surface area contributed by atoms with Crippen LogP contribution in [-0.2, 0) is 0 Å². The van der Waals surface area contributed by atoms with Crippen LogP contribution in [-0.4, -0.2) is 24.1 Å². The summed E-state index contributed by atoms with van der Waals surface area (Å²) in [5.41, 5.74) is 0.543. The van der Waals surface area contributed by atoms with Crippen LogP contribution in [0.5, 0.6) is 0 Å². The lowest BCUT2D eigenvalue weighted by Crippen LogP contribution is -2.38. The molecule has 1 atom stereocenters. The molecule has 0 spiro atoms. The second kappa shape index (κ2) is 5.09. The van der Waals surface area contributed by atoms with E-state index in [1.165, 1.54) is 50.2 Å². The van der Waals surface area contributed by atoms with Crippen molar-refractivity contribution in [2.24, 2.45) is 11.3 Å². The van der Waals surface area contributed by atoms with Crippen molar-refractivity contribution in [2.75, 3.05) is 18.1 Å². The number of hydrogen-bond acceptors (Lipinski definition) is 2. The Labute approximate surface area is 98.8 Å². The van der Waals surface area contributed by atoms with Gasteiger partial charge in [-0.25, -0.2) is 0 Å². The third-order valence-corrected chi connectivity index (χ3v) is 5.14. The van der Waals surface area contributed by atoms with Gasteiger partial charge in [0.15, 0.2) is 0 Å². The molecule has 2 heteroatoms. The summed E-state index contributed by atoms with van der Waals surface area (Å²) in [5, 5.41) is 3.75. The highest BCUT2D eigenvalue weighted by Crippen LogP contribution is 2.37. The lowest BCUT2D eigenvalue weighted by Gasteiger charge is -2.27. The van der Waals surface area contributed by atoms with E-state index in [0.29, 0.717) is 5.41 Å². The lowest BCUT2D eigenvalue weighted by molar-refractivity contribution is 0.288. The fourth-order valence-corrected chi connectivity index (χ4v) is 3.64. The van der Waals surface area contributed by atoms with Gasteiger partial charge in [0, 0.05) is 18.3 Å². The highest BCUT2D eigenvalue weighted by Gasteiger charge is 2.33. The number of thioether (sulfide) groups is 1. The number of nitrogens with one attached hydrogen (secondary N) is 1. The highest BCUT2D eigenvalue weighted by atomic mass is 32.2. The van der Waals surface area contributed by atoms with Gasteiger partial charge in [-0.05, 0) is 42.8 Å². The first kappa shape index (κ1) is 11.8. The summed E-state index contributed by atoms with van der Waals surface area (Å²) in [7, 11) is 0. The minimum absolute atomic E-state index is 0.543. The molecule has 15 heavy (non-hydrogen) atoms. The Balaban J connectivity index is 1.52. The molecule has 0 saturated heterocycles. The topological polar surface area (TPSA) is 12.0 Å². The van der Waals surface area contributed by atoms with Crippen LogP contribution in [0, 0.1) is 11.3 Å². The van der Waals surface area contributed by atoms with Crippen LogP contribution < -0.4 is 5.32 Å². The van der Waals surface area contributed by atoms with Gasteiger partial charge in [0.1, 0.15) is 0 Å². The second-order valence-corrected chi connectivity index (χ2v) is 7.06. The predicted octanol–water partition coefficient (Wildman–Crippen LogP) is 3.30. The first-order valence-corrected chi connectivity index (χ1v) is 7.65. The Kier molecular flexibility index (Phi) is 4.00. The summed E-state index contributed by atoms with van der Waals surface area (Å²) in [5.74, 6) is 3.80. The molecule has 2 rings (SSSR count). The molecule has 0 amide bonds. The van der Waals surface area contributed by atoms with E-state index in [1.54, 1.807) is 0 Å². The molecule has 0 aromatic carbocycles. The summed E-state index contributed by atoms with van der Waals surface area (Å²) in [6, 6.07) is 0.777. The van der Waals surface area contributed by atoms with Crippen LogP contribution in [0.25, 0.3) is 0 Å². The van der Waals surface area contributed by atoms with E-state index < -0.39 is 0 Å². The van der Waals surface area contributed by atoms with E-state index in [4.69, 9.17) is 0 Å². The van der Waals surface area contributed by atoms with Gasteiger partial charge < -0.3 is 5.32 Å². The molecule has 2 fully saturated rings. The zero-order valence-corrected chi connectivity index (χ0v) is 11.0. The van der Waals surface area contributed by atoms with Crippen LogP contribution in [0.15, 0.2) is 0 Å². The van der Waals surface area contributed by atoms with Crippen molar-refractivity contribution in [2.45, 2.75) is 52.0 Å². The van der Waals surface area contributed by atoms with Crippen LogP contribution in [0.4, 0.5) is 0 Å². The van der Waals surface area contributed by atoms with Crippen LogP contribution in [0.1, 0.15) is 46.0 Å². The van der Waals surface area contributed by atoms with Gasteiger partial charge in [0.25, 0.3) is 0 Å². The average molecular weight is 227 g/mol. The van der Waals surface area contributed by atoms with Gasteiger partial charge in [-0.3, -0.25) is 0 Å². The van der Waals surface area contributed by atoms with Crippen molar-refractivity contribution in [3.05, 3.63) is 0 Å². The van der Waals surface area contributed by atoms with Crippen LogP contribution in [0.2, 0.25) is 0 Å². The molecule has 2 aliphatic carbocycles. The van der Waals surface area contributed by atoms with Crippen molar-refractivity contribution in [1.29, 1.82) is 0 Å². The fourth-order valence-electron chi connectivity index (χ4n) is 2.54. The maximum Gasteiger partial charge on any atom is 0.0119 e. The summed E-state index contributed by atoms with van der Waals surface area (Å²) < 4.78 is 0. The van der Waals surface area contributed by atoms with Crippen molar-refractivity contribution in [1.82, 2.24) is 5.32 Å². The van der Waals surface area contributed by atoms with E-state index in [-0.39, 0.29) is 0 Å². The Hall–Kier alpha value is 0.310. The minimum Gasteiger partial charge on any atom is -0.313 e. The Morgan fingerprint density at radius 2 is 2.07 bits per heavy atom. The molecule has 0 heterocycles. The van der Waals surface area contributed by atoms with Crippen LogP contribution in [0.3, 0.4) is 0 Å². The van der Waals surface area contributed by atoms with Crippen LogP contribution >= 0.6 is 11.8 Å². The van der Waals surface area contributed by atoms with E-state index in [0.717, 1.165) is 12.0 Å². The van der Waals surface area contributed by atoms with Crippen molar-refractivity contribution >= 4 is 11.8 Å². The van der Waals surface area contributed by atoms with Gasteiger partial charge in [0.05, 0.1) is 0 Å². The van der Waals surface area contributed by atoms with Crippen molar-refractivity contribution in [3.8, 4) is 0 Å². The summed E-state index contributed by atoms with van der Waals surface area (Å²) >= 11 is 2.14. The third-order valence-electron chi connectivity index (χ3n) is 3.94. The molecular weight excluding hydrogens is 202 g/mol. The normalized spacial score (nSPS) is 29.6. The first-order valence-electron chi connectivity index (χ1n) is 6.49. The molecule has 0 bridgehead atoms. The summed E-state index contributed by atoms with van der Waals surface area (Å²) in [6.45, 7) is 6.04. The summed E-state index contributed by atoms with van der Waals surface area (Å²) in [4.78, 5) is 0. The summed E-state index contributed by atoms with van der Waals surface area (Å²) in [6.07, 6.45) is 7.20. The largest absolute Gasteiger partial charge is 0.313 e. The predicted molar refractivity (Wildman–Crippen MR) is 69.5 cm³/mol. The minimum atomic E-state index is 0.543. The van der Waals surface area contributed by atoms with Gasteiger partial charge in [-0.1, -0.05) is 20.3 Å². The molecule has 88 valence electrons. The van der Waals surface area contributed by atoms with Gasteiger partial charge >= 0.3 is 0 Å². The fraction of sp³-hybridized carbons (Fsp3) is 1.00. The zero-order chi connectivity index (χ0) is 10.7. The van der Waals surface area contributed by atoms with Crippen molar-refractivity contribution < 1.29 is 0 Å². The monoisotopic (exact) mass is 227 g/mol. The Morgan fingerprint density at radius 1 is 1.27 bits per heavy atom. The first-order chi connectivity index (χ1) is 7.18.